The lowest BCUT2D eigenvalue weighted by Crippen LogP contribution is -2.28. The van der Waals surface area contributed by atoms with Crippen LogP contribution in [0.15, 0.2) is 4.99 Å². The largest absolute Gasteiger partial charge is 0.305 e. The van der Waals surface area contributed by atoms with Gasteiger partial charge in [0.25, 0.3) is 0 Å². The van der Waals surface area contributed by atoms with E-state index in [2.05, 4.69) is 17.2 Å². The molecule has 1 aliphatic heterocycles. The van der Waals surface area contributed by atoms with Gasteiger partial charge in [-0.25, -0.2) is 0 Å². The molecule has 1 heterocycles. The molecule has 0 aromatic rings. The summed E-state index contributed by atoms with van der Waals surface area (Å²) < 4.78 is 0. The number of hydrogen-bond acceptors (Lipinski definition) is 3. The first-order chi connectivity index (χ1) is 6.18. The van der Waals surface area contributed by atoms with Crippen LogP contribution >= 0.6 is 11.8 Å². The number of nitrogens with one attached hydrogen (secondary N) is 1. The van der Waals surface area contributed by atoms with Gasteiger partial charge < -0.3 is 5.32 Å². The maximum absolute atomic E-state index is 11.4. The Bertz CT molecular complexity index is 258. The van der Waals surface area contributed by atoms with E-state index >= 15 is 0 Å². The van der Waals surface area contributed by atoms with E-state index in [1.807, 2.05) is 0 Å². The zero-order valence-electron chi connectivity index (χ0n) is 7.80. The molecule has 2 rings (SSSR count). The van der Waals surface area contributed by atoms with Crippen LogP contribution in [0.3, 0.4) is 0 Å². The summed E-state index contributed by atoms with van der Waals surface area (Å²) in [4.78, 5) is 15.6. The first-order valence-electron chi connectivity index (χ1n) is 4.65. The molecule has 1 amide bonds. The van der Waals surface area contributed by atoms with E-state index in [0.29, 0.717) is 11.8 Å². The van der Waals surface area contributed by atoms with Crippen molar-refractivity contribution in [3.8, 4) is 0 Å². The molecule has 0 bridgehead atoms. The minimum absolute atomic E-state index is 0.133. The summed E-state index contributed by atoms with van der Waals surface area (Å²) in [5.74, 6) is 1.14. The average molecular weight is 198 g/mol. The molecular formula is C9H14N2OS. The number of aliphatic imine (C=N–C) groups is 1. The third-order valence-electron chi connectivity index (χ3n) is 2.52. The number of thioether (sulfide) groups is 1. The van der Waals surface area contributed by atoms with Crippen molar-refractivity contribution in [1.82, 2.24) is 5.32 Å². The van der Waals surface area contributed by atoms with Crippen molar-refractivity contribution in [2.45, 2.75) is 26.2 Å². The van der Waals surface area contributed by atoms with Gasteiger partial charge in [0.05, 0.1) is 6.54 Å². The molecule has 1 N–H and O–H groups in total. The van der Waals surface area contributed by atoms with Crippen LogP contribution in [0.2, 0.25) is 0 Å². The Morgan fingerprint density at radius 3 is 3.00 bits per heavy atom. The number of amidine groups is 1. The van der Waals surface area contributed by atoms with Crippen molar-refractivity contribution in [2.75, 3.05) is 12.3 Å². The first kappa shape index (κ1) is 9.06. The normalized spacial score (nSPS) is 23.9. The number of nitrogens with zero attached hydrogens (tertiary/aromatic N) is 1. The Morgan fingerprint density at radius 1 is 1.69 bits per heavy atom. The molecule has 13 heavy (non-hydrogen) atoms. The van der Waals surface area contributed by atoms with Gasteiger partial charge in [-0.15, -0.1) is 0 Å². The smallest absolute Gasteiger partial charge is 0.226 e. The number of amides is 1. The highest BCUT2D eigenvalue weighted by molar-refractivity contribution is 8.14. The lowest BCUT2D eigenvalue weighted by atomic mass is 10.1. The van der Waals surface area contributed by atoms with Gasteiger partial charge in [0.2, 0.25) is 5.91 Å². The molecule has 4 heteroatoms. The predicted octanol–water partition coefficient (Wildman–Crippen LogP) is 1.40. The Kier molecular flexibility index (Phi) is 2.32. The van der Waals surface area contributed by atoms with Crippen LogP contribution < -0.4 is 5.32 Å². The third-order valence-corrected chi connectivity index (χ3v) is 3.41. The second-order valence-corrected chi connectivity index (χ2v) is 5.15. The van der Waals surface area contributed by atoms with E-state index < -0.39 is 0 Å². The van der Waals surface area contributed by atoms with Crippen molar-refractivity contribution in [3.05, 3.63) is 0 Å². The Morgan fingerprint density at radius 2 is 2.46 bits per heavy atom. The van der Waals surface area contributed by atoms with Gasteiger partial charge in [-0.05, 0) is 18.3 Å². The van der Waals surface area contributed by atoms with Crippen molar-refractivity contribution in [1.29, 1.82) is 0 Å². The number of hydrogen-bond donors (Lipinski definition) is 1. The fraction of sp³-hybridized carbons (Fsp3) is 0.778. The average Bonchev–Trinajstić information content (AvgIpc) is 2.61. The van der Waals surface area contributed by atoms with Gasteiger partial charge in [0.15, 0.2) is 5.17 Å². The fourth-order valence-corrected chi connectivity index (χ4v) is 2.10. The predicted molar refractivity (Wildman–Crippen MR) is 54.9 cm³/mol. The molecule has 0 saturated heterocycles. The lowest BCUT2D eigenvalue weighted by Gasteiger charge is -2.07. The van der Waals surface area contributed by atoms with Gasteiger partial charge in [-0.2, -0.15) is 0 Å². The molecule has 0 aromatic heterocycles. The maximum atomic E-state index is 11.4. The van der Waals surface area contributed by atoms with Gasteiger partial charge in [0.1, 0.15) is 0 Å². The molecular weight excluding hydrogens is 184 g/mol. The summed E-state index contributed by atoms with van der Waals surface area (Å²) in [6, 6.07) is 0. The summed E-state index contributed by atoms with van der Waals surface area (Å²) in [7, 11) is 0. The van der Waals surface area contributed by atoms with Crippen LogP contribution in [0.5, 0.6) is 0 Å². The van der Waals surface area contributed by atoms with Crippen molar-refractivity contribution in [3.63, 3.8) is 0 Å². The molecule has 0 atom stereocenters. The van der Waals surface area contributed by atoms with Crippen LogP contribution in [-0.2, 0) is 4.79 Å². The summed E-state index contributed by atoms with van der Waals surface area (Å²) in [5, 5.41) is 3.66. The van der Waals surface area contributed by atoms with E-state index in [1.165, 1.54) is 12.8 Å². The molecule has 1 aliphatic carbocycles. The first-order valence-corrected chi connectivity index (χ1v) is 5.64. The molecule has 72 valence electrons. The molecule has 0 unspecified atom stereocenters. The van der Waals surface area contributed by atoms with Crippen molar-refractivity contribution >= 4 is 22.8 Å². The van der Waals surface area contributed by atoms with E-state index in [4.69, 9.17) is 0 Å². The summed E-state index contributed by atoms with van der Waals surface area (Å²) in [6.07, 6.45) is 3.05. The highest BCUT2D eigenvalue weighted by Gasteiger charge is 2.39. The summed E-state index contributed by atoms with van der Waals surface area (Å²) >= 11 is 1.64. The Hall–Kier alpha value is -0.510. The SMILES string of the molecule is CC1(CC(=O)NC2=NCCS2)CC1. The third kappa shape index (κ3) is 2.46. The molecule has 2 aliphatic rings. The van der Waals surface area contributed by atoms with E-state index in [9.17, 15) is 4.79 Å². The van der Waals surface area contributed by atoms with Crippen molar-refractivity contribution < 1.29 is 4.79 Å². The zero-order valence-corrected chi connectivity index (χ0v) is 8.62. The maximum Gasteiger partial charge on any atom is 0.226 e. The molecule has 1 saturated carbocycles. The highest BCUT2D eigenvalue weighted by atomic mass is 32.2. The number of rotatable bonds is 2. The second kappa shape index (κ2) is 3.33. The van der Waals surface area contributed by atoms with Gasteiger partial charge in [-0.1, -0.05) is 18.7 Å². The Balaban J connectivity index is 1.77. The van der Waals surface area contributed by atoms with Crippen LogP contribution in [0, 0.1) is 5.41 Å². The zero-order chi connectivity index (χ0) is 9.31. The monoisotopic (exact) mass is 198 g/mol. The van der Waals surface area contributed by atoms with Gasteiger partial charge >= 0.3 is 0 Å². The lowest BCUT2D eigenvalue weighted by molar-refractivity contribution is -0.120. The topological polar surface area (TPSA) is 41.5 Å². The fourth-order valence-electron chi connectivity index (χ4n) is 1.35. The molecule has 0 aromatic carbocycles. The van der Waals surface area contributed by atoms with Crippen LogP contribution in [-0.4, -0.2) is 23.4 Å². The Labute approximate surface area is 82.4 Å². The van der Waals surface area contributed by atoms with E-state index in [-0.39, 0.29) is 5.91 Å². The molecule has 1 fully saturated rings. The summed E-state index contributed by atoms with van der Waals surface area (Å²) in [6.45, 7) is 3.01. The van der Waals surface area contributed by atoms with Crippen LogP contribution in [0.4, 0.5) is 0 Å². The van der Waals surface area contributed by atoms with Crippen molar-refractivity contribution in [2.24, 2.45) is 10.4 Å². The quantitative estimate of drug-likeness (QED) is 0.728. The molecule has 0 spiro atoms. The van der Waals surface area contributed by atoms with E-state index in [1.54, 1.807) is 11.8 Å². The number of carbonyl (C=O) groups is 1. The summed E-state index contributed by atoms with van der Waals surface area (Å²) in [5.41, 5.74) is 0.300. The number of carbonyl (C=O) groups excluding carboxylic acids is 1. The molecule has 3 nitrogen and oxygen atoms in total. The van der Waals surface area contributed by atoms with Gasteiger partial charge in [0, 0.05) is 12.2 Å². The van der Waals surface area contributed by atoms with Gasteiger partial charge in [-0.3, -0.25) is 9.79 Å². The standard InChI is InChI=1S/C9H14N2OS/c1-9(2-3-9)6-7(12)11-8-10-4-5-13-8/h2-6H2,1H3,(H,10,11,12). The second-order valence-electron chi connectivity index (χ2n) is 4.07. The van der Waals surface area contributed by atoms with E-state index in [0.717, 1.165) is 17.5 Å². The molecule has 0 radical (unpaired) electrons. The minimum Gasteiger partial charge on any atom is -0.305 e. The van der Waals surface area contributed by atoms with Crippen LogP contribution in [0.1, 0.15) is 26.2 Å². The minimum atomic E-state index is 0.133. The highest BCUT2D eigenvalue weighted by Crippen LogP contribution is 2.47. The van der Waals surface area contributed by atoms with Crippen LogP contribution in [0.25, 0.3) is 0 Å².